The normalized spacial score (nSPS) is 14.4. The van der Waals surface area contributed by atoms with E-state index in [0.29, 0.717) is 12.6 Å². The Bertz CT molecular complexity index is 447. The van der Waals surface area contributed by atoms with Gasteiger partial charge in [-0.05, 0) is 43.5 Å². The largest absolute Gasteiger partial charge is 0.395 e. The highest BCUT2D eigenvalue weighted by molar-refractivity contribution is 9.10. The van der Waals surface area contributed by atoms with Crippen LogP contribution in [0.25, 0.3) is 0 Å². The van der Waals surface area contributed by atoms with E-state index >= 15 is 0 Å². The molecule has 1 fully saturated rings. The Morgan fingerprint density at radius 1 is 1.56 bits per heavy atom. The summed E-state index contributed by atoms with van der Waals surface area (Å²) in [5.74, 6) is 0. The molecule has 4 nitrogen and oxygen atoms in total. The maximum absolute atomic E-state index is 12.1. The van der Waals surface area contributed by atoms with E-state index < -0.39 is 0 Å². The van der Waals surface area contributed by atoms with Crippen molar-refractivity contribution in [2.24, 2.45) is 0 Å². The van der Waals surface area contributed by atoms with Gasteiger partial charge >= 0.3 is 6.03 Å². The van der Waals surface area contributed by atoms with Crippen LogP contribution in [0.1, 0.15) is 18.4 Å². The highest BCUT2D eigenvalue weighted by Crippen LogP contribution is 2.28. The third-order valence-electron chi connectivity index (χ3n) is 3.02. The number of hydrogen-bond donors (Lipinski definition) is 2. The number of rotatable bonds is 4. The predicted octanol–water partition coefficient (Wildman–Crippen LogP) is 2.75. The minimum absolute atomic E-state index is 0.00321. The average Bonchev–Trinajstić information content (AvgIpc) is 3.13. The van der Waals surface area contributed by atoms with Crippen molar-refractivity contribution >= 4 is 27.6 Å². The van der Waals surface area contributed by atoms with Crippen LogP contribution in [0.5, 0.6) is 0 Å². The summed E-state index contributed by atoms with van der Waals surface area (Å²) >= 11 is 3.39. The zero-order valence-corrected chi connectivity index (χ0v) is 11.9. The molecular formula is C13H17BrN2O2. The molecule has 0 aliphatic heterocycles. The first kappa shape index (κ1) is 13.4. The van der Waals surface area contributed by atoms with E-state index in [1.165, 1.54) is 0 Å². The molecule has 1 aromatic carbocycles. The van der Waals surface area contributed by atoms with Crippen molar-refractivity contribution in [3.05, 3.63) is 28.2 Å². The number of benzene rings is 1. The number of aryl methyl sites for hydroxylation is 1. The second-order valence-electron chi connectivity index (χ2n) is 4.54. The Kier molecular flexibility index (Phi) is 4.24. The molecule has 98 valence electrons. The summed E-state index contributed by atoms with van der Waals surface area (Å²) < 4.78 is 0.993. The van der Waals surface area contributed by atoms with Gasteiger partial charge in [0.1, 0.15) is 0 Å². The number of amides is 2. The zero-order chi connectivity index (χ0) is 13.1. The van der Waals surface area contributed by atoms with Gasteiger partial charge in [-0.1, -0.05) is 15.9 Å². The summed E-state index contributed by atoms with van der Waals surface area (Å²) in [6.45, 7) is 2.35. The van der Waals surface area contributed by atoms with Gasteiger partial charge in [0.2, 0.25) is 0 Å². The number of anilines is 1. The number of aliphatic hydroxyl groups excluding tert-OH is 1. The third-order valence-corrected chi connectivity index (χ3v) is 3.51. The van der Waals surface area contributed by atoms with E-state index in [4.69, 9.17) is 5.11 Å². The molecule has 0 atom stereocenters. The lowest BCUT2D eigenvalue weighted by Gasteiger charge is -2.22. The molecule has 2 rings (SSSR count). The highest BCUT2D eigenvalue weighted by Gasteiger charge is 2.32. The lowest BCUT2D eigenvalue weighted by Crippen LogP contribution is -2.38. The molecule has 5 heteroatoms. The van der Waals surface area contributed by atoms with Crippen LogP contribution in [-0.2, 0) is 0 Å². The van der Waals surface area contributed by atoms with Crippen molar-refractivity contribution in [2.75, 3.05) is 18.5 Å². The van der Waals surface area contributed by atoms with Crippen LogP contribution in [0, 0.1) is 6.92 Å². The summed E-state index contributed by atoms with van der Waals surface area (Å²) in [7, 11) is 0. The van der Waals surface area contributed by atoms with E-state index in [2.05, 4.69) is 21.2 Å². The number of nitrogens with one attached hydrogen (secondary N) is 1. The molecule has 0 spiro atoms. The van der Waals surface area contributed by atoms with Crippen molar-refractivity contribution in [2.45, 2.75) is 25.8 Å². The smallest absolute Gasteiger partial charge is 0.322 e. The Labute approximate surface area is 115 Å². The number of hydrogen-bond acceptors (Lipinski definition) is 2. The lowest BCUT2D eigenvalue weighted by atomic mass is 10.2. The zero-order valence-electron chi connectivity index (χ0n) is 10.3. The summed E-state index contributed by atoms with van der Waals surface area (Å²) in [5, 5.41) is 11.9. The molecule has 1 aliphatic carbocycles. The topological polar surface area (TPSA) is 52.6 Å². The van der Waals surface area contributed by atoms with Gasteiger partial charge in [0.05, 0.1) is 6.61 Å². The standard InChI is InChI=1S/C13H17BrN2O2/c1-9-8-10(14)2-5-12(9)15-13(18)16(6-7-17)11-3-4-11/h2,5,8,11,17H,3-4,6-7H2,1H3,(H,15,18). The highest BCUT2D eigenvalue weighted by atomic mass is 79.9. The fraction of sp³-hybridized carbons (Fsp3) is 0.462. The van der Waals surface area contributed by atoms with E-state index in [9.17, 15) is 4.79 Å². The van der Waals surface area contributed by atoms with Crippen LogP contribution in [0.4, 0.5) is 10.5 Å². The molecule has 0 saturated heterocycles. The van der Waals surface area contributed by atoms with Crippen LogP contribution in [0.3, 0.4) is 0 Å². The average molecular weight is 313 g/mol. The molecule has 0 aromatic heterocycles. The van der Waals surface area contributed by atoms with E-state index in [-0.39, 0.29) is 12.6 Å². The quantitative estimate of drug-likeness (QED) is 0.898. The third kappa shape index (κ3) is 3.23. The van der Waals surface area contributed by atoms with Crippen LogP contribution in [0.15, 0.2) is 22.7 Å². The van der Waals surface area contributed by atoms with Crippen LogP contribution in [-0.4, -0.2) is 35.2 Å². The molecule has 18 heavy (non-hydrogen) atoms. The van der Waals surface area contributed by atoms with Gasteiger partial charge in [-0.3, -0.25) is 0 Å². The van der Waals surface area contributed by atoms with Crippen LogP contribution < -0.4 is 5.32 Å². The van der Waals surface area contributed by atoms with Crippen LogP contribution >= 0.6 is 15.9 Å². The predicted molar refractivity (Wildman–Crippen MR) is 74.7 cm³/mol. The second kappa shape index (κ2) is 5.71. The first-order valence-corrected chi connectivity index (χ1v) is 6.85. The maximum atomic E-state index is 12.1. The number of carbonyl (C=O) groups is 1. The minimum Gasteiger partial charge on any atom is -0.395 e. The molecule has 0 radical (unpaired) electrons. The first-order valence-electron chi connectivity index (χ1n) is 6.06. The minimum atomic E-state index is -0.128. The fourth-order valence-corrected chi connectivity index (χ4v) is 2.37. The maximum Gasteiger partial charge on any atom is 0.322 e. The van der Waals surface area contributed by atoms with Gasteiger partial charge in [0, 0.05) is 22.7 Å². The second-order valence-corrected chi connectivity index (χ2v) is 5.45. The molecule has 0 heterocycles. The van der Waals surface area contributed by atoms with E-state index in [0.717, 1.165) is 28.6 Å². The number of carbonyl (C=O) groups excluding carboxylic acids is 1. The number of halogens is 1. The Morgan fingerprint density at radius 2 is 2.28 bits per heavy atom. The molecule has 0 bridgehead atoms. The molecule has 1 aliphatic rings. The summed E-state index contributed by atoms with van der Waals surface area (Å²) in [4.78, 5) is 13.8. The Hall–Kier alpha value is -1.07. The van der Waals surface area contributed by atoms with Gasteiger partial charge in [-0.25, -0.2) is 4.79 Å². The molecule has 0 unspecified atom stereocenters. The van der Waals surface area contributed by atoms with E-state index in [1.54, 1.807) is 4.90 Å². The molecule has 1 saturated carbocycles. The Morgan fingerprint density at radius 3 is 2.83 bits per heavy atom. The molecule has 2 amide bonds. The molecular weight excluding hydrogens is 296 g/mol. The monoisotopic (exact) mass is 312 g/mol. The summed E-state index contributed by atoms with van der Waals surface area (Å²) in [6.07, 6.45) is 2.07. The first-order chi connectivity index (χ1) is 8.61. The SMILES string of the molecule is Cc1cc(Br)ccc1NC(=O)N(CCO)C1CC1. The fourth-order valence-electron chi connectivity index (χ4n) is 1.90. The van der Waals surface area contributed by atoms with E-state index in [1.807, 2.05) is 25.1 Å². The van der Waals surface area contributed by atoms with Gasteiger partial charge in [0.25, 0.3) is 0 Å². The van der Waals surface area contributed by atoms with Crippen molar-refractivity contribution in [1.82, 2.24) is 4.90 Å². The molecule has 2 N–H and O–H groups in total. The van der Waals surface area contributed by atoms with Crippen molar-refractivity contribution < 1.29 is 9.90 Å². The van der Waals surface area contributed by atoms with Gasteiger partial charge in [-0.15, -0.1) is 0 Å². The number of urea groups is 1. The molecule has 1 aromatic rings. The van der Waals surface area contributed by atoms with Crippen molar-refractivity contribution in [3.8, 4) is 0 Å². The Balaban J connectivity index is 2.05. The van der Waals surface area contributed by atoms with Crippen molar-refractivity contribution in [1.29, 1.82) is 0 Å². The number of aliphatic hydroxyl groups is 1. The number of nitrogens with zero attached hydrogens (tertiary/aromatic N) is 1. The summed E-state index contributed by atoms with van der Waals surface area (Å²) in [5.41, 5.74) is 1.82. The summed E-state index contributed by atoms with van der Waals surface area (Å²) in [6, 6.07) is 5.91. The van der Waals surface area contributed by atoms with Crippen LogP contribution in [0.2, 0.25) is 0 Å². The van der Waals surface area contributed by atoms with Gasteiger partial charge in [-0.2, -0.15) is 0 Å². The van der Waals surface area contributed by atoms with Gasteiger partial charge in [0.15, 0.2) is 0 Å². The van der Waals surface area contributed by atoms with Gasteiger partial charge < -0.3 is 15.3 Å². The lowest BCUT2D eigenvalue weighted by molar-refractivity contribution is 0.185. The van der Waals surface area contributed by atoms with Crippen molar-refractivity contribution in [3.63, 3.8) is 0 Å².